The molecular weight excluding hydrogens is 398 g/mol. The lowest BCUT2D eigenvalue weighted by Crippen LogP contribution is -2.43. The number of hydrogen-bond acceptors (Lipinski definition) is 4. The number of nitrogens with zero attached hydrogens (tertiary/aromatic N) is 1. The van der Waals surface area contributed by atoms with Crippen molar-refractivity contribution in [1.82, 2.24) is 0 Å². The molecule has 2 aromatic carbocycles. The molecule has 6 heteroatoms. The summed E-state index contributed by atoms with van der Waals surface area (Å²) in [6.45, 7) is 6.34. The van der Waals surface area contributed by atoms with Crippen molar-refractivity contribution in [3.63, 3.8) is 0 Å². The first kappa shape index (κ1) is 20.5. The van der Waals surface area contributed by atoms with E-state index in [1.807, 2.05) is 48.2 Å². The summed E-state index contributed by atoms with van der Waals surface area (Å²) >= 11 is 6.19. The second-order valence-electron chi connectivity index (χ2n) is 8.81. The molecular formula is C24H26ClN3O2. The maximum absolute atomic E-state index is 13.1. The lowest BCUT2D eigenvalue weighted by molar-refractivity contribution is -0.118. The van der Waals surface area contributed by atoms with Gasteiger partial charge < -0.3 is 15.5 Å². The number of allylic oxidation sites excluding steroid dienone is 1. The second kappa shape index (κ2) is 7.80. The highest BCUT2D eigenvalue weighted by Gasteiger charge is 2.39. The first-order valence-electron chi connectivity index (χ1n) is 10.2. The average molecular weight is 424 g/mol. The molecule has 2 N–H and O–H groups in total. The Bertz CT molecular complexity index is 1040. The zero-order chi connectivity index (χ0) is 21.5. The van der Waals surface area contributed by atoms with Crippen LogP contribution in [0.4, 0.5) is 17.1 Å². The van der Waals surface area contributed by atoms with Crippen molar-refractivity contribution < 1.29 is 9.59 Å². The van der Waals surface area contributed by atoms with E-state index >= 15 is 0 Å². The first-order valence-corrected chi connectivity index (χ1v) is 10.6. The number of rotatable bonds is 3. The standard InChI is InChI=1S/C24H26ClN3O2/c1-15-23-19(12-24(2,3)13-21(23)29)26-18-10-6-7-11-20(18)28(15)14-22(30)27-17-9-5-4-8-16(17)25/h4-11,15,26H,12-14H2,1-3H3,(H,27,30)/t15-/m0/s1. The Labute approximate surface area is 182 Å². The SMILES string of the molecule is C[C@H]1C2=C(CC(C)(C)CC2=O)Nc2ccccc2N1CC(=O)Nc1ccccc1Cl. The third-order valence-corrected chi connectivity index (χ3v) is 6.10. The summed E-state index contributed by atoms with van der Waals surface area (Å²) in [5, 5.41) is 6.89. The van der Waals surface area contributed by atoms with Crippen molar-refractivity contribution in [3.8, 4) is 0 Å². The number of hydrogen-bond donors (Lipinski definition) is 2. The maximum Gasteiger partial charge on any atom is 0.243 e. The number of para-hydroxylation sites is 3. The Balaban J connectivity index is 1.68. The summed E-state index contributed by atoms with van der Waals surface area (Å²) in [6.07, 6.45) is 1.31. The van der Waals surface area contributed by atoms with Crippen LogP contribution in [0, 0.1) is 5.41 Å². The van der Waals surface area contributed by atoms with Gasteiger partial charge in [0.25, 0.3) is 0 Å². The summed E-state index contributed by atoms with van der Waals surface area (Å²) in [7, 11) is 0. The molecule has 1 heterocycles. The molecule has 1 aliphatic heterocycles. The first-order chi connectivity index (χ1) is 14.2. The molecule has 0 saturated carbocycles. The number of ketones is 1. The molecule has 1 aliphatic carbocycles. The monoisotopic (exact) mass is 423 g/mol. The average Bonchev–Trinajstić information content (AvgIpc) is 2.77. The fourth-order valence-electron chi connectivity index (χ4n) is 4.42. The molecule has 2 aliphatic rings. The van der Waals surface area contributed by atoms with E-state index in [9.17, 15) is 9.59 Å². The van der Waals surface area contributed by atoms with Crippen LogP contribution in [0.3, 0.4) is 0 Å². The fraction of sp³-hybridized carbons (Fsp3) is 0.333. The largest absolute Gasteiger partial charge is 0.357 e. The predicted molar refractivity (Wildman–Crippen MR) is 122 cm³/mol. The van der Waals surface area contributed by atoms with Crippen molar-refractivity contribution in [1.29, 1.82) is 0 Å². The number of carbonyl (C=O) groups excluding carboxylic acids is 2. The topological polar surface area (TPSA) is 61.4 Å². The van der Waals surface area contributed by atoms with E-state index in [4.69, 9.17) is 11.6 Å². The molecule has 0 spiro atoms. The van der Waals surface area contributed by atoms with Crippen LogP contribution < -0.4 is 15.5 Å². The molecule has 4 rings (SSSR count). The molecule has 0 radical (unpaired) electrons. The lowest BCUT2D eigenvalue weighted by Gasteiger charge is -2.36. The quantitative estimate of drug-likeness (QED) is 0.708. The molecule has 5 nitrogen and oxygen atoms in total. The summed E-state index contributed by atoms with van der Waals surface area (Å²) in [5.74, 6) is -0.0389. The van der Waals surface area contributed by atoms with Gasteiger partial charge in [-0.05, 0) is 43.0 Å². The minimum atomic E-state index is -0.225. The van der Waals surface area contributed by atoms with Gasteiger partial charge >= 0.3 is 0 Å². The van der Waals surface area contributed by atoms with Crippen LogP contribution in [0.2, 0.25) is 5.02 Å². The minimum absolute atomic E-state index is 0.0891. The van der Waals surface area contributed by atoms with Crippen LogP contribution in [-0.2, 0) is 9.59 Å². The van der Waals surface area contributed by atoms with Crippen LogP contribution >= 0.6 is 11.6 Å². The van der Waals surface area contributed by atoms with Crippen LogP contribution in [0.25, 0.3) is 0 Å². The number of anilines is 3. The van der Waals surface area contributed by atoms with Gasteiger partial charge in [-0.25, -0.2) is 0 Å². The molecule has 156 valence electrons. The van der Waals surface area contributed by atoms with Gasteiger partial charge in [0, 0.05) is 17.7 Å². The van der Waals surface area contributed by atoms with E-state index in [0.717, 1.165) is 29.1 Å². The van der Waals surface area contributed by atoms with Crippen LogP contribution in [0.5, 0.6) is 0 Å². The Hall–Kier alpha value is -2.79. The summed E-state index contributed by atoms with van der Waals surface area (Å²) in [5.41, 5.74) is 4.04. The second-order valence-corrected chi connectivity index (χ2v) is 9.21. The molecule has 1 amide bonds. The highest BCUT2D eigenvalue weighted by atomic mass is 35.5. The summed E-state index contributed by atoms with van der Waals surface area (Å²) < 4.78 is 0. The zero-order valence-corrected chi connectivity index (χ0v) is 18.2. The number of carbonyl (C=O) groups is 2. The van der Waals surface area contributed by atoms with Crippen LogP contribution in [0.15, 0.2) is 59.8 Å². The van der Waals surface area contributed by atoms with E-state index < -0.39 is 0 Å². The molecule has 2 aromatic rings. The van der Waals surface area contributed by atoms with Gasteiger partial charge in [0.15, 0.2) is 5.78 Å². The smallest absolute Gasteiger partial charge is 0.243 e. The zero-order valence-electron chi connectivity index (χ0n) is 17.5. The Morgan fingerprint density at radius 3 is 2.63 bits per heavy atom. The van der Waals surface area contributed by atoms with Gasteiger partial charge in [0.2, 0.25) is 5.91 Å². The van der Waals surface area contributed by atoms with E-state index in [1.165, 1.54) is 0 Å². The molecule has 0 unspecified atom stereocenters. The lowest BCUT2D eigenvalue weighted by atomic mass is 9.74. The van der Waals surface area contributed by atoms with Gasteiger partial charge in [-0.15, -0.1) is 0 Å². The van der Waals surface area contributed by atoms with Crippen molar-refractivity contribution in [3.05, 3.63) is 64.8 Å². The van der Waals surface area contributed by atoms with E-state index in [2.05, 4.69) is 24.5 Å². The summed E-state index contributed by atoms with van der Waals surface area (Å²) in [6, 6.07) is 14.8. The van der Waals surface area contributed by atoms with Crippen molar-refractivity contribution in [2.75, 3.05) is 22.1 Å². The Morgan fingerprint density at radius 2 is 1.87 bits per heavy atom. The molecule has 0 fully saturated rings. The van der Waals surface area contributed by atoms with E-state index in [0.29, 0.717) is 17.1 Å². The number of amides is 1. The number of fused-ring (bicyclic) bond motifs is 1. The summed E-state index contributed by atoms with van der Waals surface area (Å²) in [4.78, 5) is 28.0. The predicted octanol–water partition coefficient (Wildman–Crippen LogP) is 5.24. The van der Waals surface area contributed by atoms with Crippen LogP contribution in [-0.4, -0.2) is 24.3 Å². The Kier molecular flexibility index (Phi) is 5.33. The van der Waals surface area contributed by atoms with E-state index in [1.54, 1.807) is 12.1 Å². The molecule has 1 atom stereocenters. The van der Waals surface area contributed by atoms with Crippen molar-refractivity contribution >= 4 is 40.4 Å². The minimum Gasteiger partial charge on any atom is -0.357 e. The third kappa shape index (κ3) is 3.94. The van der Waals surface area contributed by atoms with Gasteiger partial charge in [-0.2, -0.15) is 0 Å². The molecule has 0 saturated heterocycles. The normalized spacial score (nSPS) is 20.1. The highest BCUT2D eigenvalue weighted by molar-refractivity contribution is 6.33. The van der Waals surface area contributed by atoms with Crippen molar-refractivity contribution in [2.24, 2.45) is 5.41 Å². The molecule has 30 heavy (non-hydrogen) atoms. The molecule has 0 aromatic heterocycles. The van der Waals surface area contributed by atoms with Gasteiger partial charge in [0.05, 0.1) is 34.7 Å². The van der Waals surface area contributed by atoms with Gasteiger partial charge in [-0.3, -0.25) is 9.59 Å². The maximum atomic E-state index is 13.1. The third-order valence-electron chi connectivity index (χ3n) is 5.77. The highest BCUT2D eigenvalue weighted by Crippen LogP contribution is 2.43. The number of Topliss-reactive ketones (excluding diaryl/α,β-unsaturated/α-hetero) is 1. The van der Waals surface area contributed by atoms with Crippen molar-refractivity contribution in [2.45, 2.75) is 39.7 Å². The fourth-order valence-corrected chi connectivity index (χ4v) is 4.60. The number of halogens is 1. The molecule has 0 bridgehead atoms. The van der Waals surface area contributed by atoms with Gasteiger partial charge in [0.1, 0.15) is 0 Å². The number of nitrogens with one attached hydrogen (secondary N) is 2. The van der Waals surface area contributed by atoms with E-state index in [-0.39, 0.29) is 29.7 Å². The van der Waals surface area contributed by atoms with Crippen LogP contribution in [0.1, 0.15) is 33.6 Å². The Morgan fingerprint density at radius 1 is 1.17 bits per heavy atom. The van der Waals surface area contributed by atoms with Gasteiger partial charge in [-0.1, -0.05) is 49.7 Å². The number of benzene rings is 2.